The number of nitrogens with one attached hydrogen (secondary N) is 2. The van der Waals surface area contributed by atoms with Crippen LogP contribution < -0.4 is 10.9 Å². The van der Waals surface area contributed by atoms with Gasteiger partial charge in [0.1, 0.15) is 5.82 Å². The molecule has 1 amide bonds. The number of rotatable bonds is 6. The van der Waals surface area contributed by atoms with Gasteiger partial charge in [-0.2, -0.15) is 5.10 Å². The quantitative estimate of drug-likeness (QED) is 0.465. The van der Waals surface area contributed by atoms with Gasteiger partial charge >= 0.3 is 0 Å². The third kappa shape index (κ3) is 4.58. The van der Waals surface area contributed by atoms with E-state index >= 15 is 0 Å². The molecule has 0 spiro atoms. The van der Waals surface area contributed by atoms with Crippen molar-refractivity contribution in [2.24, 2.45) is 0 Å². The number of nitrogens with zero attached hydrogens (tertiary/aromatic N) is 3. The van der Waals surface area contributed by atoms with Crippen LogP contribution in [-0.2, 0) is 13.0 Å². The van der Waals surface area contributed by atoms with Crippen LogP contribution in [0.1, 0.15) is 33.7 Å². The molecule has 5 rings (SSSR count). The third-order valence-electron chi connectivity index (χ3n) is 6.18. The molecular weight excluding hydrogens is 433 g/mol. The van der Waals surface area contributed by atoms with Gasteiger partial charge in [0.2, 0.25) is 0 Å². The van der Waals surface area contributed by atoms with Crippen LogP contribution >= 0.6 is 0 Å². The van der Waals surface area contributed by atoms with E-state index in [1.165, 1.54) is 6.07 Å². The second kappa shape index (κ2) is 9.52. The Morgan fingerprint density at radius 3 is 2.76 bits per heavy atom. The minimum absolute atomic E-state index is 0.0524. The minimum Gasteiger partial charge on any atom is -0.337 e. The molecule has 1 atom stereocenters. The first-order chi connectivity index (χ1) is 16.6. The summed E-state index contributed by atoms with van der Waals surface area (Å²) in [5.74, 6) is -0.862. The molecule has 1 aliphatic rings. The van der Waals surface area contributed by atoms with Crippen LogP contribution in [0.15, 0.2) is 71.7 Å². The van der Waals surface area contributed by atoms with Crippen molar-refractivity contribution in [2.45, 2.75) is 25.4 Å². The fraction of sp³-hybridized carbons (Fsp3) is 0.231. The van der Waals surface area contributed by atoms with Gasteiger partial charge in [0.05, 0.1) is 22.3 Å². The van der Waals surface area contributed by atoms with Crippen molar-refractivity contribution in [1.82, 2.24) is 25.4 Å². The van der Waals surface area contributed by atoms with Gasteiger partial charge in [0.15, 0.2) is 0 Å². The van der Waals surface area contributed by atoms with Crippen molar-refractivity contribution in [3.63, 3.8) is 0 Å². The lowest BCUT2D eigenvalue weighted by Crippen LogP contribution is -2.35. The summed E-state index contributed by atoms with van der Waals surface area (Å²) < 4.78 is 14.7. The van der Waals surface area contributed by atoms with Crippen molar-refractivity contribution in [3.8, 4) is 0 Å². The van der Waals surface area contributed by atoms with E-state index in [1.807, 2.05) is 30.3 Å². The average molecular weight is 458 g/mol. The Morgan fingerprint density at radius 1 is 1.12 bits per heavy atom. The number of carbonyl (C=O) groups excluding carboxylic acids is 1. The molecule has 34 heavy (non-hydrogen) atoms. The molecule has 0 unspecified atom stereocenters. The Bertz CT molecular complexity index is 1390. The number of aromatic nitrogens is 3. The maximum absolute atomic E-state index is 14.7. The van der Waals surface area contributed by atoms with E-state index in [0.29, 0.717) is 37.1 Å². The highest BCUT2D eigenvalue weighted by Gasteiger charge is 2.28. The first kappa shape index (κ1) is 21.9. The first-order valence-electron chi connectivity index (χ1n) is 11.3. The fourth-order valence-electron chi connectivity index (χ4n) is 4.38. The standard InChI is InChI=1S/C26H24FN5O2/c27-23-9-8-17(14-24-20-6-1-2-7-21(20)25(33)31-30-24)13-22(23)26(34)32-12-10-19(16-32)29-15-18-5-3-4-11-28-18/h1-9,11,13,19,29H,10,12,14-16H2,(H,31,33)/t19-/m1/s1. The van der Waals surface area contributed by atoms with Crippen molar-refractivity contribution in [1.29, 1.82) is 0 Å². The van der Waals surface area contributed by atoms with Crippen LogP contribution in [-0.4, -0.2) is 45.1 Å². The molecule has 1 saturated heterocycles. The summed E-state index contributed by atoms with van der Waals surface area (Å²) in [6.07, 6.45) is 2.92. The van der Waals surface area contributed by atoms with Crippen LogP contribution in [0.5, 0.6) is 0 Å². The number of fused-ring (bicyclic) bond motifs is 1. The number of likely N-dealkylation sites (tertiary alicyclic amines) is 1. The lowest BCUT2D eigenvalue weighted by atomic mass is 10.0. The number of H-pyrrole nitrogens is 1. The number of amides is 1. The number of hydrogen-bond acceptors (Lipinski definition) is 5. The van der Waals surface area contributed by atoms with E-state index in [1.54, 1.807) is 35.4 Å². The van der Waals surface area contributed by atoms with Crippen LogP contribution in [0, 0.1) is 5.82 Å². The van der Waals surface area contributed by atoms with Gasteiger partial charge in [-0.3, -0.25) is 14.6 Å². The van der Waals surface area contributed by atoms with E-state index in [-0.39, 0.29) is 23.1 Å². The summed E-state index contributed by atoms with van der Waals surface area (Å²) in [6, 6.07) is 17.7. The van der Waals surface area contributed by atoms with Crippen LogP contribution in [0.2, 0.25) is 0 Å². The second-order valence-electron chi connectivity index (χ2n) is 8.47. The Morgan fingerprint density at radius 2 is 1.94 bits per heavy atom. The molecule has 4 aromatic rings. The molecule has 0 bridgehead atoms. The van der Waals surface area contributed by atoms with Gasteiger partial charge in [-0.05, 0) is 42.3 Å². The summed E-state index contributed by atoms with van der Waals surface area (Å²) >= 11 is 0. The molecule has 0 radical (unpaired) electrons. The number of hydrogen-bond donors (Lipinski definition) is 2. The molecule has 3 heterocycles. The molecule has 1 fully saturated rings. The van der Waals surface area contributed by atoms with Crippen molar-refractivity contribution >= 4 is 16.7 Å². The monoisotopic (exact) mass is 457 g/mol. The molecule has 8 heteroatoms. The lowest BCUT2D eigenvalue weighted by Gasteiger charge is -2.18. The molecule has 172 valence electrons. The summed E-state index contributed by atoms with van der Waals surface area (Å²) in [5.41, 5.74) is 2.15. The zero-order valence-corrected chi connectivity index (χ0v) is 18.5. The molecule has 2 aromatic carbocycles. The number of aromatic amines is 1. The van der Waals surface area contributed by atoms with Gasteiger partial charge in [0.25, 0.3) is 11.5 Å². The Kier molecular flexibility index (Phi) is 6.14. The highest BCUT2D eigenvalue weighted by atomic mass is 19.1. The highest BCUT2D eigenvalue weighted by molar-refractivity contribution is 5.95. The molecule has 7 nitrogen and oxygen atoms in total. The number of benzene rings is 2. The van der Waals surface area contributed by atoms with Gasteiger partial charge in [0, 0.05) is 43.7 Å². The molecular formula is C26H24FN5O2. The van der Waals surface area contributed by atoms with Crippen LogP contribution in [0.25, 0.3) is 10.8 Å². The molecule has 0 saturated carbocycles. The lowest BCUT2D eigenvalue weighted by molar-refractivity contribution is 0.0784. The number of halogens is 1. The SMILES string of the molecule is O=C(c1cc(Cc2n[nH]c(=O)c3ccccc23)ccc1F)N1CC[C@@H](NCc2ccccn2)C1. The molecule has 2 aromatic heterocycles. The predicted octanol–water partition coefficient (Wildman–Crippen LogP) is 3.05. The maximum atomic E-state index is 14.7. The predicted molar refractivity (Wildman–Crippen MR) is 127 cm³/mol. The highest BCUT2D eigenvalue weighted by Crippen LogP contribution is 2.21. The molecule has 2 N–H and O–H groups in total. The Hall–Kier alpha value is -3.91. The smallest absolute Gasteiger partial charge is 0.272 e. The summed E-state index contributed by atoms with van der Waals surface area (Å²) in [4.78, 5) is 31.2. The van der Waals surface area contributed by atoms with E-state index in [9.17, 15) is 14.0 Å². The van der Waals surface area contributed by atoms with E-state index in [2.05, 4.69) is 20.5 Å². The van der Waals surface area contributed by atoms with Gasteiger partial charge in [-0.25, -0.2) is 9.49 Å². The number of pyridine rings is 1. The van der Waals surface area contributed by atoms with Gasteiger partial charge < -0.3 is 10.2 Å². The normalized spacial score (nSPS) is 15.7. The maximum Gasteiger partial charge on any atom is 0.272 e. The van der Waals surface area contributed by atoms with E-state index < -0.39 is 5.82 Å². The van der Waals surface area contributed by atoms with Crippen molar-refractivity contribution < 1.29 is 9.18 Å². The van der Waals surface area contributed by atoms with Gasteiger partial charge in [-0.1, -0.05) is 30.3 Å². The van der Waals surface area contributed by atoms with Crippen molar-refractivity contribution in [3.05, 3.63) is 106 Å². The van der Waals surface area contributed by atoms with Crippen LogP contribution in [0.4, 0.5) is 4.39 Å². The van der Waals surface area contributed by atoms with Gasteiger partial charge in [-0.15, -0.1) is 0 Å². The second-order valence-corrected chi connectivity index (χ2v) is 8.47. The molecule has 0 aliphatic carbocycles. The number of carbonyl (C=O) groups is 1. The fourth-order valence-corrected chi connectivity index (χ4v) is 4.38. The largest absolute Gasteiger partial charge is 0.337 e. The summed E-state index contributed by atoms with van der Waals surface area (Å²) in [5, 5.41) is 11.4. The molecule has 1 aliphatic heterocycles. The van der Waals surface area contributed by atoms with E-state index in [0.717, 1.165) is 23.1 Å². The third-order valence-corrected chi connectivity index (χ3v) is 6.18. The summed E-state index contributed by atoms with van der Waals surface area (Å²) in [7, 11) is 0. The van der Waals surface area contributed by atoms with Crippen molar-refractivity contribution in [2.75, 3.05) is 13.1 Å². The zero-order chi connectivity index (χ0) is 23.5. The Labute approximate surface area is 195 Å². The Balaban J connectivity index is 1.30. The first-order valence-corrected chi connectivity index (χ1v) is 11.3. The average Bonchev–Trinajstić information content (AvgIpc) is 3.35. The van der Waals surface area contributed by atoms with E-state index in [4.69, 9.17) is 0 Å². The topological polar surface area (TPSA) is 91.0 Å². The minimum atomic E-state index is -0.544. The van der Waals surface area contributed by atoms with Crippen LogP contribution in [0.3, 0.4) is 0 Å². The summed E-state index contributed by atoms with van der Waals surface area (Å²) in [6.45, 7) is 1.70. The zero-order valence-electron chi connectivity index (χ0n) is 18.5.